The van der Waals surface area contributed by atoms with Crippen molar-refractivity contribution >= 4 is 21.8 Å². The Morgan fingerprint density at radius 2 is 1.73 bits per heavy atom. The van der Waals surface area contributed by atoms with E-state index in [0.29, 0.717) is 6.61 Å². The Kier molecular flexibility index (Phi) is 6.16. The lowest BCUT2D eigenvalue weighted by molar-refractivity contribution is -0.133. The molecule has 3 nitrogen and oxygen atoms in total. The minimum Gasteiger partial charge on any atom is -0.364 e. The summed E-state index contributed by atoms with van der Waals surface area (Å²) in [6.07, 6.45) is -0.495. The number of carbonyl (C=O) groups is 1. The summed E-state index contributed by atoms with van der Waals surface area (Å²) in [7, 11) is 0. The van der Waals surface area contributed by atoms with Crippen LogP contribution in [0.2, 0.25) is 0 Å². The molecule has 1 N–H and O–H groups in total. The van der Waals surface area contributed by atoms with Crippen molar-refractivity contribution in [2.75, 3.05) is 0 Å². The second-order valence-electron chi connectivity index (χ2n) is 5.19. The Hall–Kier alpha value is -1.65. The van der Waals surface area contributed by atoms with Gasteiger partial charge in [0.05, 0.1) is 12.6 Å². The molecule has 0 aliphatic rings. The predicted octanol–water partition coefficient (Wildman–Crippen LogP) is 4.23. The van der Waals surface area contributed by atoms with Crippen LogP contribution < -0.4 is 5.32 Å². The fourth-order valence-corrected chi connectivity index (χ4v) is 2.73. The standard InChI is InChI=1S/C18H20BrNO2/c1-13(16-10-6-7-11-17(16)19)20-18(21)14(2)22-12-15-8-4-3-5-9-15/h3-11,13-14H,12H2,1-2H3,(H,20,21)/t13-,14+/m1/s1. The van der Waals surface area contributed by atoms with Gasteiger partial charge in [0.2, 0.25) is 5.91 Å². The molecular weight excluding hydrogens is 342 g/mol. The number of halogens is 1. The zero-order chi connectivity index (χ0) is 15.9. The lowest BCUT2D eigenvalue weighted by atomic mass is 10.1. The van der Waals surface area contributed by atoms with Crippen molar-refractivity contribution in [2.24, 2.45) is 0 Å². The quantitative estimate of drug-likeness (QED) is 0.835. The molecule has 0 spiro atoms. The lowest BCUT2D eigenvalue weighted by Crippen LogP contribution is -2.36. The van der Waals surface area contributed by atoms with Gasteiger partial charge in [0, 0.05) is 4.47 Å². The number of hydrogen-bond acceptors (Lipinski definition) is 2. The SMILES string of the molecule is C[C@H](OCc1ccccc1)C(=O)N[C@H](C)c1ccccc1Br. The molecule has 0 heterocycles. The van der Waals surface area contributed by atoms with Crippen molar-refractivity contribution in [3.05, 3.63) is 70.2 Å². The number of nitrogens with one attached hydrogen (secondary N) is 1. The van der Waals surface area contributed by atoms with Gasteiger partial charge in [0.1, 0.15) is 6.10 Å². The van der Waals surface area contributed by atoms with Gasteiger partial charge in [-0.2, -0.15) is 0 Å². The number of benzene rings is 2. The molecule has 1 amide bonds. The van der Waals surface area contributed by atoms with Crippen LogP contribution in [-0.2, 0) is 16.1 Å². The molecular formula is C18H20BrNO2. The first-order valence-corrected chi connectivity index (χ1v) is 8.07. The van der Waals surface area contributed by atoms with Crippen molar-refractivity contribution in [2.45, 2.75) is 32.6 Å². The molecule has 0 aliphatic heterocycles. The van der Waals surface area contributed by atoms with Crippen molar-refractivity contribution < 1.29 is 9.53 Å². The third-order valence-corrected chi connectivity index (χ3v) is 4.16. The summed E-state index contributed by atoms with van der Waals surface area (Å²) < 4.78 is 6.62. The van der Waals surface area contributed by atoms with Gasteiger partial charge >= 0.3 is 0 Å². The van der Waals surface area contributed by atoms with Gasteiger partial charge in [-0.3, -0.25) is 4.79 Å². The topological polar surface area (TPSA) is 38.3 Å². The normalized spacial score (nSPS) is 13.4. The van der Waals surface area contributed by atoms with Gasteiger partial charge < -0.3 is 10.1 Å². The van der Waals surface area contributed by atoms with Crippen LogP contribution in [0.15, 0.2) is 59.1 Å². The van der Waals surface area contributed by atoms with E-state index in [0.717, 1.165) is 15.6 Å². The molecule has 0 fully saturated rings. The molecule has 0 unspecified atom stereocenters. The fourth-order valence-electron chi connectivity index (χ4n) is 2.11. The van der Waals surface area contributed by atoms with Crippen molar-refractivity contribution in [1.29, 1.82) is 0 Å². The number of carbonyl (C=O) groups excluding carboxylic acids is 1. The minimum atomic E-state index is -0.495. The van der Waals surface area contributed by atoms with Crippen LogP contribution in [0, 0.1) is 0 Å². The maximum Gasteiger partial charge on any atom is 0.249 e. The largest absolute Gasteiger partial charge is 0.364 e. The highest BCUT2D eigenvalue weighted by molar-refractivity contribution is 9.10. The zero-order valence-corrected chi connectivity index (χ0v) is 14.3. The van der Waals surface area contributed by atoms with E-state index < -0.39 is 6.10 Å². The summed E-state index contributed by atoms with van der Waals surface area (Å²) >= 11 is 3.50. The van der Waals surface area contributed by atoms with Crippen LogP contribution in [0.3, 0.4) is 0 Å². The van der Waals surface area contributed by atoms with E-state index in [1.165, 1.54) is 0 Å². The van der Waals surface area contributed by atoms with Crippen molar-refractivity contribution in [3.63, 3.8) is 0 Å². The highest BCUT2D eigenvalue weighted by Crippen LogP contribution is 2.22. The third-order valence-electron chi connectivity index (χ3n) is 3.44. The van der Waals surface area contributed by atoms with E-state index >= 15 is 0 Å². The molecule has 2 aromatic rings. The van der Waals surface area contributed by atoms with Gasteiger partial charge in [-0.25, -0.2) is 0 Å². The van der Waals surface area contributed by atoms with Gasteiger partial charge in [0.25, 0.3) is 0 Å². The lowest BCUT2D eigenvalue weighted by Gasteiger charge is -2.19. The molecule has 0 radical (unpaired) electrons. The van der Waals surface area contributed by atoms with Crippen LogP contribution in [0.25, 0.3) is 0 Å². The van der Waals surface area contributed by atoms with Gasteiger partial charge in [-0.15, -0.1) is 0 Å². The van der Waals surface area contributed by atoms with Crippen molar-refractivity contribution in [3.8, 4) is 0 Å². The third kappa shape index (κ3) is 4.68. The Bertz CT molecular complexity index is 615. The van der Waals surface area contributed by atoms with Crippen molar-refractivity contribution in [1.82, 2.24) is 5.32 Å². The minimum absolute atomic E-state index is 0.0779. The molecule has 0 aromatic heterocycles. The Balaban J connectivity index is 1.87. The van der Waals surface area contributed by atoms with E-state index in [2.05, 4.69) is 21.2 Å². The zero-order valence-electron chi connectivity index (χ0n) is 12.8. The number of hydrogen-bond donors (Lipinski definition) is 1. The summed E-state index contributed by atoms with van der Waals surface area (Å²) in [6, 6.07) is 17.6. The van der Waals surface area contributed by atoms with Gasteiger partial charge in [-0.05, 0) is 31.0 Å². The van der Waals surface area contributed by atoms with E-state index in [4.69, 9.17) is 4.74 Å². The van der Waals surface area contributed by atoms with Crippen LogP contribution in [-0.4, -0.2) is 12.0 Å². The summed E-state index contributed by atoms with van der Waals surface area (Å²) in [5.74, 6) is -0.112. The van der Waals surface area contributed by atoms with Crippen LogP contribution >= 0.6 is 15.9 Å². The first-order chi connectivity index (χ1) is 10.6. The van der Waals surface area contributed by atoms with E-state index in [-0.39, 0.29) is 11.9 Å². The predicted molar refractivity (Wildman–Crippen MR) is 91.4 cm³/mol. The highest BCUT2D eigenvalue weighted by atomic mass is 79.9. The molecule has 4 heteroatoms. The molecule has 2 aromatic carbocycles. The Morgan fingerprint density at radius 1 is 1.09 bits per heavy atom. The summed E-state index contributed by atoms with van der Waals surface area (Å²) in [4.78, 5) is 12.2. The monoisotopic (exact) mass is 361 g/mol. The average Bonchev–Trinajstić information content (AvgIpc) is 2.53. The second-order valence-corrected chi connectivity index (χ2v) is 6.04. The van der Waals surface area contributed by atoms with E-state index in [9.17, 15) is 4.79 Å². The van der Waals surface area contributed by atoms with E-state index in [1.807, 2.05) is 61.5 Å². The van der Waals surface area contributed by atoms with E-state index in [1.54, 1.807) is 6.92 Å². The molecule has 22 heavy (non-hydrogen) atoms. The molecule has 2 atom stereocenters. The average molecular weight is 362 g/mol. The highest BCUT2D eigenvalue weighted by Gasteiger charge is 2.17. The Morgan fingerprint density at radius 3 is 2.41 bits per heavy atom. The van der Waals surface area contributed by atoms with Gasteiger partial charge in [-0.1, -0.05) is 64.5 Å². The number of ether oxygens (including phenoxy) is 1. The molecule has 0 saturated heterocycles. The number of rotatable bonds is 6. The summed E-state index contributed by atoms with van der Waals surface area (Å²) in [6.45, 7) is 4.16. The fraction of sp³-hybridized carbons (Fsp3) is 0.278. The van der Waals surface area contributed by atoms with Gasteiger partial charge in [0.15, 0.2) is 0 Å². The second kappa shape index (κ2) is 8.11. The number of amides is 1. The van der Waals surface area contributed by atoms with Crippen LogP contribution in [0.1, 0.15) is 31.0 Å². The summed E-state index contributed by atoms with van der Waals surface area (Å²) in [5.41, 5.74) is 2.10. The maximum atomic E-state index is 12.2. The summed E-state index contributed by atoms with van der Waals surface area (Å²) in [5, 5.41) is 2.98. The Labute approximate surface area is 139 Å². The first-order valence-electron chi connectivity index (χ1n) is 7.28. The molecule has 116 valence electrons. The van der Waals surface area contributed by atoms with Crippen LogP contribution in [0.4, 0.5) is 0 Å². The van der Waals surface area contributed by atoms with Crippen LogP contribution in [0.5, 0.6) is 0 Å². The molecule has 0 saturated carbocycles. The molecule has 0 aliphatic carbocycles. The molecule has 0 bridgehead atoms. The smallest absolute Gasteiger partial charge is 0.249 e. The first kappa shape index (κ1) is 16.7. The maximum absolute atomic E-state index is 12.2. The molecule has 2 rings (SSSR count).